The van der Waals surface area contributed by atoms with Gasteiger partial charge in [0.25, 0.3) is 11.5 Å². The number of hydrogen-bond donors (Lipinski definition) is 0. The topological polar surface area (TPSA) is 80.7 Å². The number of benzene rings is 2. The van der Waals surface area contributed by atoms with Crippen LogP contribution < -0.4 is 5.56 Å². The summed E-state index contributed by atoms with van der Waals surface area (Å²) in [5.41, 5.74) is 2.14. The Morgan fingerprint density at radius 1 is 1.15 bits per heavy atom. The Kier molecular flexibility index (Phi) is 5.78. The number of thioether (sulfide) groups is 1. The second-order valence-electron chi connectivity index (χ2n) is 7.59. The fourth-order valence-corrected chi connectivity index (χ4v) is 4.73. The van der Waals surface area contributed by atoms with E-state index in [2.05, 4.69) is 10.1 Å². The zero-order valence-electron chi connectivity index (χ0n) is 17.6. The molecule has 0 bridgehead atoms. The van der Waals surface area contributed by atoms with Crippen molar-refractivity contribution in [3.8, 4) is 0 Å². The molecule has 0 radical (unpaired) electrons. The summed E-state index contributed by atoms with van der Waals surface area (Å²) in [6, 6.07) is 17.8. The smallest absolute Gasteiger partial charge is 0.261 e. The van der Waals surface area contributed by atoms with Crippen molar-refractivity contribution in [2.75, 3.05) is 5.75 Å². The lowest BCUT2D eigenvalue weighted by Gasteiger charge is -2.19. The highest BCUT2D eigenvalue weighted by Gasteiger charge is 2.34. The molecular formula is C24H19ClN4O3S. The maximum absolute atomic E-state index is 13.2. The van der Waals surface area contributed by atoms with Gasteiger partial charge in [-0.3, -0.25) is 14.2 Å². The first kappa shape index (κ1) is 21.5. The highest BCUT2D eigenvalue weighted by Crippen LogP contribution is 2.34. The summed E-state index contributed by atoms with van der Waals surface area (Å²) in [4.78, 5) is 30.4. The van der Waals surface area contributed by atoms with E-state index in [4.69, 9.17) is 16.0 Å². The Labute approximate surface area is 198 Å². The van der Waals surface area contributed by atoms with Crippen molar-refractivity contribution in [3.63, 3.8) is 0 Å². The van der Waals surface area contributed by atoms with Crippen molar-refractivity contribution in [1.82, 2.24) is 14.6 Å². The number of para-hydroxylation sites is 1. The number of halogens is 1. The summed E-state index contributed by atoms with van der Waals surface area (Å²) >= 11 is 7.23. The van der Waals surface area contributed by atoms with Crippen molar-refractivity contribution in [2.45, 2.75) is 17.6 Å². The maximum Gasteiger partial charge on any atom is 0.261 e. The monoisotopic (exact) mass is 478 g/mol. The van der Waals surface area contributed by atoms with Crippen LogP contribution in [0.1, 0.15) is 23.8 Å². The largest absolute Gasteiger partial charge is 0.467 e. The Hall–Kier alpha value is -3.36. The highest BCUT2D eigenvalue weighted by atomic mass is 35.5. The number of carbonyl (C=O) groups is 1. The van der Waals surface area contributed by atoms with Gasteiger partial charge in [-0.15, -0.1) is 0 Å². The molecule has 1 aliphatic rings. The van der Waals surface area contributed by atoms with Crippen LogP contribution in [0.5, 0.6) is 0 Å². The predicted molar refractivity (Wildman–Crippen MR) is 129 cm³/mol. The van der Waals surface area contributed by atoms with Crippen LogP contribution in [0.3, 0.4) is 0 Å². The van der Waals surface area contributed by atoms with E-state index in [-0.39, 0.29) is 23.3 Å². The van der Waals surface area contributed by atoms with Crippen LogP contribution >= 0.6 is 23.4 Å². The van der Waals surface area contributed by atoms with Gasteiger partial charge in [0, 0.05) is 18.5 Å². The van der Waals surface area contributed by atoms with Gasteiger partial charge in [-0.25, -0.2) is 9.99 Å². The first-order valence-electron chi connectivity index (χ1n) is 10.3. The predicted octanol–water partition coefficient (Wildman–Crippen LogP) is 4.65. The molecule has 0 spiro atoms. The molecule has 1 amide bonds. The van der Waals surface area contributed by atoms with Crippen molar-refractivity contribution < 1.29 is 9.21 Å². The summed E-state index contributed by atoms with van der Waals surface area (Å²) < 4.78 is 7.06. The van der Waals surface area contributed by atoms with Gasteiger partial charge in [0.05, 0.1) is 28.6 Å². The van der Waals surface area contributed by atoms with Gasteiger partial charge in [0.1, 0.15) is 11.8 Å². The molecule has 0 saturated heterocycles. The lowest BCUT2D eigenvalue weighted by atomic mass is 10.0. The van der Waals surface area contributed by atoms with E-state index < -0.39 is 0 Å². The molecule has 4 aromatic rings. The Balaban J connectivity index is 1.41. The van der Waals surface area contributed by atoms with Crippen molar-refractivity contribution >= 4 is 45.9 Å². The van der Waals surface area contributed by atoms with E-state index in [0.29, 0.717) is 33.3 Å². The molecule has 166 valence electrons. The van der Waals surface area contributed by atoms with E-state index in [0.717, 1.165) is 11.3 Å². The molecule has 2 aromatic heterocycles. The quantitative estimate of drug-likeness (QED) is 0.308. The Morgan fingerprint density at radius 3 is 2.70 bits per heavy atom. The Morgan fingerprint density at radius 2 is 1.94 bits per heavy atom. The lowest BCUT2D eigenvalue weighted by molar-refractivity contribution is -0.130. The summed E-state index contributed by atoms with van der Waals surface area (Å²) in [7, 11) is 1.66. The number of furan rings is 1. The summed E-state index contributed by atoms with van der Waals surface area (Å²) in [6.07, 6.45) is 2.11. The van der Waals surface area contributed by atoms with Gasteiger partial charge in [0.2, 0.25) is 0 Å². The average Bonchev–Trinajstić information content (AvgIpc) is 3.51. The third-order valence-electron chi connectivity index (χ3n) is 5.48. The van der Waals surface area contributed by atoms with E-state index in [1.807, 2.05) is 24.3 Å². The SMILES string of the molecule is Cn1c(SCC(=O)N2N=C(c3ccc(Cl)cc3)CC2c2ccco2)nc2ccccc2c1=O. The number of fused-ring (bicyclic) bond motifs is 1. The summed E-state index contributed by atoms with van der Waals surface area (Å²) in [6.45, 7) is 0. The molecule has 0 N–H and O–H groups in total. The highest BCUT2D eigenvalue weighted by molar-refractivity contribution is 7.99. The van der Waals surface area contributed by atoms with Crippen LogP contribution in [-0.4, -0.2) is 31.9 Å². The number of hydrazone groups is 1. The average molecular weight is 479 g/mol. The normalized spacial score (nSPS) is 15.8. The van der Waals surface area contributed by atoms with E-state index >= 15 is 0 Å². The Bertz CT molecular complexity index is 1410. The van der Waals surface area contributed by atoms with Crippen molar-refractivity contribution in [3.05, 3.63) is 93.6 Å². The number of hydrogen-bond acceptors (Lipinski definition) is 6. The lowest BCUT2D eigenvalue weighted by Crippen LogP contribution is -2.29. The molecule has 7 nitrogen and oxygen atoms in total. The molecule has 3 heterocycles. The van der Waals surface area contributed by atoms with Gasteiger partial charge in [-0.2, -0.15) is 5.10 Å². The fraction of sp³-hybridized carbons (Fsp3) is 0.167. The first-order valence-corrected chi connectivity index (χ1v) is 11.6. The number of aromatic nitrogens is 2. The molecule has 1 aliphatic heterocycles. The van der Waals surface area contributed by atoms with Crippen molar-refractivity contribution in [1.29, 1.82) is 0 Å². The summed E-state index contributed by atoms with van der Waals surface area (Å²) in [5, 5.41) is 7.75. The second kappa shape index (κ2) is 8.88. The molecule has 5 rings (SSSR count). The number of rotatable bonds is 5. The van der Waals surface area contributed by atoms with Crippen LogP contribution in [0.4, 0.5) is 0 Å². The van der Waals surface area contributed by atoms with Gasteiger partial charge in [0.15, 0.2) is 5.16 Å². The minimum atomic E-state index is -0.341. The molecule has 0 fully saturated rings. The molecule has 0 aliphatic carbocycles. The minimum absolute atomic E-state index is 0.0766. The standard InChI is InChI=1S/C24H19ClN4O3S/c1-28-23(31)17-5-2-3-6-18(17)26-24(28)33-14-22(30)29-20(21-7-4-12-32-21)13-19(27-29)15-8-10-16(25)11-9-15/h2-12,20H,13-14H2,1H3. The van der Waals surface area contributed by atoms with Crippen LogP contribution in [-0.2, 0) is 11.8 Å². The van der Waals surface area contributed by atoms with E-state index in [9.17, 15) is 9.59 Å². The van der Waals surface area contributed by atoms with Gasteiger partial charge in [-0.1, -0.05) is 47.6 Å². The number of amides is 1. The number of nitrogens with zero attached hydrogens (tertiary/aromatic N) is 4. The molecule has 2 aromatic carbocycles. The number of carbonyl (C=O) groups excluding carboxylic acids is 1. The third-order valence-corrected chi connectivity index (χ3v) is 6.75. The molecule has 9 heteroatoms. The van der Waals surface area contributed by atoms with Gasteiger partial charge in [-0.05, 0) is 42.0 Å². The van der Waals surface area contributed by atoms with Crippen LogP contribution in [0.15, 0.2) is 86.4 Å². The van der Waals surface area contributed by atoms with E-state index in [1.165, 1.54) is 21.3 Å². The fourth-order valence-electron chi connectivity index (χ4n) is 3.78. The van der Waals surface area contributed by atoms with Crippen molar-refractivity contribution in [2.24, 2.45) is 12.1 Å². The molecule has 0 saturated carbocycles. The first-order chi connectivity index (χ1) is 16.0. The second-order valence-corrected chi connectivity index (χ2v) is 8.97. The minimum Gasteiger partial charge on any atom is -0.467 e. The van der Waals surface area contributed by atoms with Gasteiger partial charge < -0.3 is 4.42 Å². The third kappa shape index (κ3) is 4.19. The van der Waals surface area contributed by atoms with Crippen LogP contribution in [0.25, 0.3) is 10.9 Å². The summed E-state index contributed by atoms with van der Waals surface area (Å²) in [5.74, 6) is 0.540. The molecule has 1 atom stereocenters. The van der Waals surface area contributed by atoms with Crippen LogP contribution in [0.2, 0.25) is 5.02 Å². The van der Waals surface area contributed by atoms with Crippen LogP contribution in [0, 0.1) is 0 Å². The molecular weight excluding hydrogens is 460 g/mol. The van der Waals surface area contributed by atoms with E-state index in [1.54, 1.807) is 49.7 Å². The maximum atomic E-state index is 13.2. The molecule has 33 heavy (non-hydrogen) atoms. The molecule has 1 unspecified atom stereocenters. The zero-order valence-corrected chi connectivity index (χ0v) is 19.2. The van der Waals surface area contributed by atoms with Gasteiger partial charge >= 0.3 is 0 Å². The zero-order chi connectivity index (χ0) is 22.9.